The first kappa shape index (κ1) is 51.3. The molecular weight excluding hydrogens is 733 g/mol. The Labute approximate surface area is 345 Å². The third-order valence-electron chi connectivity index (χ3n) is 11.4. The van der Waals surface area contributed by atoms with E-state index in [1.807, 2.05) is 46.4 Å². The van der Waals surface area contributed by atoms with E-state index in [0.29, 0.717) is 64.7 Å². The van der Waals surface area contributed by atoms with Gasteiger partial charge < -0.3 is 28.7 Å². The number of hydrogen-bond acceptors (Lipinski definition) is 10. The van der Waals surface area contributed by atoms with Gasteiger partial charge in [0.15, 0.2) is 0 Å². The molecule has 6 atom stereocenters. The molecule has 2 aliphatic rings. The minimum Gasteiger partial charge on any atom is -0.465 e. The van der Waals surface area contributed by atoms with Crippen molar-refractivity contribution in [2.45, 2.75) is 209 Å². The van der Waals surface area contributed by atoms with Crippen molar-refractivity contribution in [2.24, 2.45) is 10.8 Å². The van der Waals surface area contributed by atoms with Gasteiger partial charge in [-0.2, -0.15) is 0 Å². The van der Waals surface area contributed by atoms with Crippen LogP contribution in [0.2, 0.25) is 0 Å². The van der Waals surface area contributed by atoms with E-state index in [0.717, 1.165) is 69.3 Å². The molecule has 2 rings (SSSR count). The van der Waals surface area contributed by atoms with Gasteiger partial charge in [0.1, 0.15) is 12.2 Å². The van der Waals surface area contributed by atoms with Gasteiger partial charge in [-0.05, 0) is 85.5 Å². The van der Waals surface area contributed by atoms with E-state index in [-0.39, 0.29) is 54.1 Å². The maximum Gasteiger partial charge on any atom is 0.311 e. The van der Waals surface area contributed by atoms with Crippen molar-refractivity contribution in [3.63, 3.8) is 0 Å². The molecule has 0 spiro atoms. The average Bonchev–Trinajstić information content (AvgIpc) is 3.77. The lowest BCUT2D eigenvalue weighted by atomic mass is 9.79. The molecule has 2 saturated heterocycles. The van der Waals surface area contributed by atoms with Crippen molar-refractivity contribution in [3.05, 3.63) is 0 Å². The number of thiocarbonyl (C=S) groups is 1. The van der Waals surface area contributed by atoms with Crippen LogP contribution in [0.5, 0.6) is 0 Å². The minimum atomic E-state index is -0.658. The predicted octanol–water partition coefficient (Wildman–Crippen LogP) is 9.30. The van der Waals surface area contributed by atoms with Crippen molar-refractivity contribution in [3.8, 4) is 0 Å². The van der Waals surface area contributed by atoms with Crippen molar-refractivity contribution in [1.29, 1.82) is 0 Å². The van der Waals surface area contributed by atoms with Gasteiger partial charge in [-0.15, -0.1) is 0 Å². The smallest absolute Gasteiger partial charge is 0.311 e. The summed E-state index contributed by atoms with van der Waals surface area (Å²) >= 11 is 5.56. The van der Waals surface area contributed by atoms with Crippen molar-refractivity contribution < 1.29 is 42.9 Å². The monoisotopic (exact) mass is 811 g/mol. The van der Waals surface area contributed by atoms with E-state index < -0.39 is 10.8 Å². The quantitative estimate of drug-likeness (QED) is 0.0359. The molecule has 2 fully saturated rings. The molecule has 11 nitrogen and oxygen atoms in total. The van der Waals surface area contributed by atoms with Crippen LogP contribution in [0.15, 0.2) is 0 Å². The third kappa shape index (κ3) is 18.7. The molecule has 0 N–H and O–H groups in total. The van der Waals surface area contributed by atoms with Crippen LogP contribution in [0.4, 0.5) is 0 Å². The topological polar surface area (TPSA) is 129 Å². The average molecular weight is 811 g/mol. The van der Waals surface area contributed by atoms with Crippen molar-refractivity contribution in [2.75, 3.05) is 26.3 Å². The number of amides is 1. The van der Waals surface area contributed by atoms with Gasteiger partial charge in [0.2, 0.25) is 5.91 Å². The Morgan fingerprint density at radius 1 is 0.661 bits per heavy atom. The van der Waals surface area contributed by atoms with Crippen LogP contribution >= 0.6 is 12.2 Å². The Bertz CT molecular complexity index is 1140. The normalized spacial score (nSPS) is 18.5. The van der Waals surface area contributed by atoms with Crippen LogP contribution in [0.3, 0.4) is 0 Å². The number of unbranched alkanes of at least 4 members (excludes halogenated alkanes) is 6. The summed E-state index contributed by atoms with van der Waals surface area (Å²) in [5, 5.41) is 0. The first-order valence-corrected chi connectivity index (χ1v) is 22.1. The largest absolute Gasteiger partial charge is 0.465 e. The fraction of sp³-hybridized carbons (Fsp3) is 0.864. The molecule has 0 aromatic carbocycles. The first-order valence-electron chi connectivity index (χ1n) is 21.7. The predicted molar refractivity (Wildman–Crippen MR) is 225 cm³/mol. The van der Waals surface area contributed by atoms with E-state index in [2.05, 4.69) is 18.7 Å². The number of ether oxygens (including phenoxy) is 4. The Hall–Kier alpha value is -2.76. The van der Waals surface area contributed by atoms with E-state index in [1.165, 1.54) is 26.7 Å². The molecule has 0 bridgehead atoms. The molecule has 6 unspecified atom stereocenters. The molecule has 2 aliphatic heterocycles. The van der Waals surface area contributed by atoms with Gasteiger partial charge in [0.05, 0.1) is 29.0 Å². The van der Waals surface area contributed by atoms with E-state index in [1.54, 1.807) is 0 Å². The molecule has 0 radical (unpaired) electrons. The zero-order chi connectivity index (χ0) is 42.3. The van der Waals surface area contributed by atoms with Gasteiger partial charge in [0, 0.05) is 58.3 Å². The van der Waals surface area contributed by atoms with Crippen LogP contribution in [0, 0.1) is 10.8 Å². The molecule has 0 aromatic heterocycles. The van der Waals surface area contributed by atoms with Crippen LogP contribution < -0.4 is 0 Å². The number of nitrogens with zero attached hydrogens (tertiary/aromatic N) is 2. The highest BCUT2D eigenvalue weighted by molar-refractivity contribution is 7.80. The molecule has 0 aliphatic carbocycles. The fourth-order valence-corrected chi connectivity index (χ4v) is 8.09. The van der Waals surface area contributed by atoms with Gasteiger partial charge >= 0.3 is 23.9 Å². The lowest BCUT2D eigenvalue weighted by Crippen LogP contribution is -2.44. The number of carbonyl (C=O) groups is 5. The lowest BCUT2D eigenvalue weighted by molar-refractivity contribution is -0.158. The number of rotatable bonds is 26. The standard InChI is InChI=1S/C22H39NO5.C22H39NO4S/c1-6-8-9-10-14-27-21(26)22(5,7-2)16-19(15-17(3)28-18(4)24)23-13-11-12-20(23)25;1-6-8-9-10-14-26-21(25)22(5,7-2)16-19(15-17(3)27-18(4)24)23-13-11-12-20(23)28/h2*17,19H,6-16H2,1-5H3. The fourth-order valence-electron chi connectivity index (χ4n) is 7.70. The summed E-state index contributed by atoms with van der Waals surface area (Å²) in [5.41, 5.74) is -1.22. The Morgan fingerprint density at radius 3 is 1.41 bits per heavy atom. The van der Waals surface area contributed by atoms with Gasteiger partial charge in [0.25, 0.3) is 0 Å². The minimum absolute atomic E-state index is 0.0712. The maximum absolute atomic E-state index is 12.9. The Kier molecular flexibility index (Phi) is 24.7. The molecule has 2 heterocycles. The molecular formula is C44H78N2O9S. The van der Waals surface area contributed by atoms with Gasteiger partial charge in [-0.25, -0.2) is 0 Å². The Balaban J connectivity index is 0.000000560. The second-order valence-electron chi connectivity index (χ2n) is 16.6. The van der Waals surface area contributed by atoms with Crippen LogP contribution in [0.25, 0.3) is 0 Å². The molecule has 324 valence electrons. The van der Waals surface area contributed by atoms with Gasteiger partial charge in [-0.1, -0.05) is 78.4 Å². The van der Waals surface area contributed by atoms with E-state index in [9.17, 15) is 24.0 Å². The summed E-state index contributed by atoms with van der Waals surface area (Å²) in [6.07, 6.45) is 15.1. The highest BCUT2D eigenvalue weighted by atomic mass is 32.1. The zero-order valence-corrected chi connectivity index (χ0v) is 37.7. The van der Waals surface area contributed by atoms with Crippen LogP contribution in [0.1, 0.15) is 185 Å². The third-order valence-corrected chi connectivity index (χ3v) is 11.9. The number of likely N-dealkylation sites (tertiary alicyclic amines) is 2. The Morgan fingerprint density at radius 2 is 1.07 bits per heavy atom. The molecule has 1 amide bonds. The number of hydrogen-bond donors (Lipinski definition) is 0. The lowest BCUT2D eigenvalue weighted by Gasteiger charge is -2.37. The molecule has 0 aromatic rings. The van der Waals surface area contributed by atoms with E-state index >= 15 is 0 Å². The summed E-state index contributed by atoms with van der Waals surface area (Å²) in [7, 11) is 0. The second-order valence-corrected chi connectivity index (χ2v) is 17.1. The van der Waals surface area contributed by atoms with Crippen LogP contribution in [-0.2, 0) is 42.9 Å². The molecule has 56 heavy (non-hydrogen) atoms. The number of esters is 4. The summed E-state index contributed by atoms with van der Waals surface area (Å²) in [5.74, 6) is -0.805. The number of carbonyl (C=O) groups excluding carboxylic acids is 5. The van der Waals surface area contributed by atoms with Crippen molar-refractivity contribution >= 4 is 47.0 Å². The highest BCUT2D eigenvalue weighted by Gasteiger charge is 2.41. The zero-order valence-electron chi connectivity index (χ0n) is 36.8. The van der Waals surface area contributed by atoms with E-state index in [4.69, 9.17) is 31.2 Å². The van der Waals surface area contributed by atoms with Gasteiger partial charge in [-0.3, -0.25) is 24.0 Å². The molecule has 0 saturated carbocycles. The summed E-state index contributed by atoms with van der Waals surface area (Å²) in [6.45, 7) is 21.3. The second kappa shape index (κ2) is 27.0. The first-order chi connectivity index (χ1) is 26.5. The summed E-state index contributed by atoms with van der Waals surface area (Å²) in [6, 6.07) is -0.0658. The SMILES string of the molecule is CCCCCCOC(=O)C(C)(CC)CC(CC(C)OC(C)=O)N1CCCC1=O.CCCCCCOC(=O)C(C)(CC)CC(CC(C)OC(C)=O)N1CCCC1=S. The van der Waals surface area contributed by atoms with Crippen LogP contribution in [-0.4, -0.2) is 95.2 Å². The highest BCUT2D eigenvalue weighted by Crippen LogP contribution is 2.36. The summed E-state index contributed by atoms with van der Waals surface area (Å²) in [4.78, 5) is 65.7. The van der Waals surface area contributed by atoms with Crippen molar-refractivity contribution in [1.82, 2.24) is 9.80 Å². The maximum atomic E-state index is 12.9. The summed E-state index contributed by atoms with van der Waals surface area (Å²) < 4.78 is 21.9. The molecule has 12 heteroatoms.